The second-order valence-corrected chi connectivity index (χ2v) is 9.87. The molecule has 33 heavy (non-hydrogen) atoms. The number of fused-ring (bicyclic) bond motifs is 1. The molecular formula is C22H25N7O2S2. The number of benzene rings is 1. The largest absolute Gasteiger partial charge is 0.465 e. The maximum atomic E-state index is 12.1. The minimum atomic E-state index is -0.327. The highest BCUT2D eigenvalue weighted by Crippen LogP contribution is 2.33. The van der Waals surface area contributed by atoms with E-state index in [9.17, 15) is 4.79 Å². The molecule has 11 heteroatoms. The average Bonchev–Trinajstić information content (AvgIpc) is 3.61. The molecule has 172 valence electrons. The summed E-state index contributed by atoms with van der Waals surface area (Å²) in [5.41, 5.74) is 1.40. The first-order valence-electron chi connectivity index (χ1n) is 10.9. The molecule has 0 saturated carbocycles. The summed E-state index contributed by atoms with van der Waals surface area (Å²) >= 11 is 3.27. The standard InChI is InChI=1S/C22H25N7O2S2/c1-3-18(20-24-25-26-29(20)14-15-6-5-13-32-15)27-9-11-28(12-10-27)22-23-17-8-4-7-16(19(17)33-22)21(30)31-2/h4-8,13,18H,3,9-12,14H2,1-2H3. The Morgan fingerprint density at radius 2 is 2.03 bits per heavy atom. The fourth-order valence-corrected chi connectivity index (χ4v) is 6.09. The summed E-state index contributed by atoms with van der Waals surface area (Å²) in [6, 6.07) is 9.92. The third-order valence-electron chi connectivity index (χ3n) is 5.96. The first-order chi connectivity index (χ1) is 16.2. The SMILES string of the molecule is CCC(c1nnnn1Cc1cccs1)N1CCN(c2nc3cccc(C(=O)OC)c3s2)CC1. The number of hydrogen-bond acceptors (Lipinski definition) is 10. The van der Waals surface area contributed by atoms with Crippen molar-refractivity contribution < 1.29 is 9.53 Å². The molecule has 5 rings (SSSR count). The lowest BCUT2D eigenvalue weighted by Gasteiger charge is -2.38. The van der Waals surface area contributed by atoms with Crippen molar-refractivity contribution in [1.82, 2.24) is 30.1 Å². The number of piperazine rings is 1. The molecule has 1 fully saturated rings. The van der Waals surface area contributed by atoms with E-state index in [0.29, 0.717) is 12.1 Å². The summed E-state index contributed by atoms with van der Waals surface area (Å²) in [5.74, 6) is 0.591. The predicted octanol–water partition coefficient (Wildman–Crippen LogP) is 3.45. The first-order valence-corrected chi connectivity index (χ1v) is 12.6. The zero-order valence-electron chi connectivity index (χ0n) is 18.5. The number of tetrazole rings is 1. The monoisotopic (exact) mass is 483 g/mol. The van der Waals surface area contributed by atoms with Gasteiger partial charge in [-0.1, -0.05) is 30.4 Å². The number of esters is 1. The Hall–Kier alpha value is -2.89. The van der Waals surface area contributed by atoms with E-state index in [1.54, 1.807) is 28.7 Å². The van der Waals surface area contributed by atoms with Crippen molar-refractivity contribution in [3.05, 3.63) is 52.0 Å². The maximum absolute atomic E-state index is 12.1. The number of carbonyl (C=O) groups is 1. The van der Waals surface area contributed by atoms with Crippen LogP contribution in [0.4, 0.5) is 5.13 Å². The van der Waals surface area contributed by atoms with E-state index < -0.39 is 0 Å². The Morgan fingerprint density at radius 3 is 2.76 bits per heavy atom. The normalized spacial score (nSPS) is 15.8. The molecule has 1 aliphatic rings. The van der Waals surface area contributed by atoms with Gasteiger partial charge in [-0.2, -0.15) is 0 Å². The van der Waals surface area contributed by atoms with Crippen molar-refractivity contribution in [3.63, 3.8) is 0 Å². The topological polar surface area (TPSA) is 89.3 Å². The Kier molecular flexibility index (Phi) is 6.34. The van der Waals surface area contributed by atoms with Gasteiger partial charge in [0.1, 0.15) is 0 Å². The Morgan fingerprint density at radius 1 is 1.18 bits per heavy atom. The minimum absolute atomic E-state index is 0.170. The minimum Gasteiger partial charge on any atom is -0.465 e. The lowest BCUT2D eigenvalue weighted by Crippen LogP contribution is -2.48. The highest BCUT2D eigenvalue weighted by atomic mass is 32.1. The third-order valence-corrected chi connectivity index (χ3v) is 7.99. The second kappa shape index (κ2) is 9.54. The molecule has 0 N–H and O–H groups in total. The highest BCUT2D eigenvalue weighted by Gasteiger charge is 2.29. The summed E-state index contributed by atoms with van der Waals surface area (Å²) in [6.07, 6.45) is 0.939. The highest BCUT2D eigenvalue weighted by molar-refractivity contribution is 7.22. The van der Waals surface area contributed by atoms with Gasteiger partial charge in [0, 0.05) is 31.1 Å². The number of aromatic nitrogens is 5. The number of ether oxygens (including phenoxy) is 1. The molecule has 3 aromatic heterocycles. The van der Waals surface area contributed by atoms with Gasteiger partial charge < -0.3 is 9.64 Å². The van der Waals surface area contributed by atoms with E-state index in [-0.39, 0.29) is 12.0 Å². The van der Waals surface area contributed by atoms with Crippen LogP contribution in [0.1, 0.15) is 40.4 Å². The van der Waals surface area contributed by atoms with Crippen LogP contribution in [0.2, 0.25) is 0 Å². The molecule has 0 radical (unpaired) electrons. The molecule has 0 bridgehead atoms. The maximum Gasteiger partial charge on any atom is 0.339 e. The number of thiophene rings is 1. The van der Waals surface area contributed by atoms with E-state index in [4.69, 9.17) is 9.72 Å². The van der Waals surface area contributed by atoms with Crippen molar-refractivity contribution >= 4 is 44.0 Å². The van der Waals surface area contributed by atoms with Crippen LogP contribution in [0, 0.1) is 0 Å². The number of thiazole rings is 1. The van der Waals surface area contributed by atoms with Crippen LogP contribution < -0.4 is 4.90 Å². The summed E-state index contributed by atoms with van der Waals surface area (Å²) in [6.45, 7) is 6.38. The van der Waals surface area contributed by atoms with Crippen LogP contribution in [0.25, 0.3) is 10.2 Å². The van der Waals surface area contributed by atoms with Crippen LogP contribution in [-0.2, 0) is 11.3 Å². The Labute approximate surface area is 199 Å². The average molecular weight is 484 g/mol. The molecule has 9 nitrogen and oxygen atoms in total. The fraction of sp³-hybridized carbons (Fsp3) is 0.409. The smallest absolute Gasteiger partial charge is 0.339 e. The van der Waals surface area contributed by atoms with Gasteiger partial charge in [0.15, 0.2) is 11.0 Å². The predicted molar refractivity (Wildman–Crippen MR) is 129 cm³/mol. The quantitative estimate of drug-likeness (QED) is 0.369. The number of rotatable bonds is 7. The lowest BCUT2D eigenvalue weighted by molar-refractivity contribution is 0.0603. The van der Waals surface area contributed by atoms with Crippen LogP contribution in [0.3, 0.4) is 0 Å². The van der Waals surface area contributed by atoms with Gasteiger partial charge in [-0.15, -0.1) is 16.4 Å². The van der Waals surface area contributed by atoms with Crippen LogP contribution >= 0.6 is 22.7 Å². The van der Waals surface area contributed by atoms with Crippen molar-refractivity contribution in [2.75, 3.05) is 38.2 Å². The van der Waals surface area contributed by atoms with Crippen molar-refractivity contribution in [2.24, 2.45) is 0 Å². The van der Waals surface area contributed by atoms with E-state index in [0.717, 1.165) is 53.8 Å². The third kappa shape index (κ3) is 4.35. The van der Waals surface area contributed by atoms with Crippen molar-refractivity contribution in [2.45, 2.75) is 25.9 Å². The molecule has 1 aromatic carbocycles. The van der Waals surface area contributed by atoms with E-state index >= 15 is 0 Å². The van der Waals surface area contributed by atoms with Gasteiger partial charge >= 0.3 is 5.97 Å². The molecule has 1 unspecified atom stereocenters. The van der Waals surface area contributed by atoms with E-state index in [1.165, 1.54) is 12.0 Å². The number of carbonyl (C=O) groups excluding carboxylic acids is 1. The van der Waals surface area contributed by atoms with Gasteiger partial charge in [0.25, 0.3) is 0 Å². The lowest BCUT2D eigenvalue weighted by atomic mass is 10.1. The zero-order chi connectivity index (χ0) is 22.8. The van der Waals surface area contributed by atoms with Crippen LogP contribution in [-0.4, -0.2) is 69.3 Å². The Bertz CT molecular complexity index is 1230. The number of methoxy groups -OCH3 is 1. The summed E-state index contributed by atoms with van der Waals surface area (Å²) in [7, 11) is 1.41. The second-order valence-electron chi connectivity index (χ2n) is 7.86. The number of anilines is 1. The van der Waals surface area contributed by atoms with Crippen LogP contribution in [0.15, 0.2) is 35.7 Å². The summed E-state index contributed by atoms with van der Waals surface area (Å²) in [5, 5.41) is 15.6. The molecule has 1 atom stereocenters. The van der Waals surface area contributed by atoms with Crippen molar-refractivity contribution in [1.29, 1.82) is 0 Å². The molecule has 0 spiro atoms. The molecule has 0 aliphatic carbocycles. The fourth-order valence-electron chi connectivity index (χ4n) is 4.29. The summed E-state index contributed by atoms with van der Waals surface area (Å²) in [4.78, 5) is 22.9. The molecule has 4 aromatic rings. The van der Waals surface area contributed by atoms with Gasteiger partial charge in [-0.3, -0.25) is 4.90 Å². The van der Waals surface area contributed by atoms with Gasteiger partial charge in [0.2, 0.25) is 0 Å². The Balaban J connectivity index is 1.30. The van der Waals surface area contributed by atoms with Crippen LogP contribution in [0.5, 0.6) is 0 Å². The van der Waals surface area contributed by atoms with Gasteiger partial charge in [-0.05, 0) is 40.4 Å². The number of nitrogens with zero attached hydrogens (tertiary/aromatic N) is 7. The van der Waals surface area contributed by atoms with Gasteiger partial charge in [0.05, 0.1) is 35.5 Å². The molecule has 0 amide bonds. The zero-order valence-corrected chi connectivity index (χ0v) is 20.2. The first kappa shape index (κ1) is 21.9. The van der Waals surface area contributed by atoms with Gasteiger partial charge in [-0.25, -0.2) is 14.5 Å². The molecule has 1 saturated heterocycles. The summed E-state index contributed by atoms with van der Waals surface area (Å²) < 4.78 is 7.73. The molecular weight excluding hydrogens is 458 g/mol. The molecule has 4 heterocycles. The van der Waals surface area contributed by atoms with E-state index in [1.807, 2.05) is 16.8 Å². The molecule has 1 aliphatic heterocycles. The van der Waals surface area contributed by atoms with Crippen molar-refractivity contribution in [3.8, 4) is 0 Å². The number of hydrogen-bond donors (Lipinski definition) is 0. The van der Waals surface area contributed by atoms with E-state index in [2.05, 4.69) is 49.8 Å².